The van der Waals surface area contributed by atoms with E-state index < -0.39 is 0 Å². The quantitative estimate of drug-likeness (QED) is 0.895. The van der Waals surface area contributed by atoms with Crippen molar-refractivity contribution in [2.24, 2.45) is 11.7 Å². The van der Waals surface area contributed by atoms with Gasteiger partial charge < -0.3 is 5.73 Å². The Morgan fingerprint density at radius 2 is 2.00 bits per heavy atom. The van der Waals surface area contributed by atoms with Crippen molar-refractivity contribution in [1.82, 2.24) is 4.98 Å². The lowest BCUT2D eigenvalue weighted by Gasteiger charge is -2.14. The molecule has 0 bridgehead atoms. The number of carbonyl (C=O) groups is 1. The highest BCUT2D eigenvalue weighted by atomic mass is 16.1. The zero-order valence-electron chi connectivity index (χ0n) is 10.8. The lowest BCUT2D eigenvalue weighted by atomic mass is 9.93. The average molecular weight is 242 g/mol. The SMILES string of the molecule is CC(N)C(C)C(=O)Cc1ccnc2ccccc12. The summed E-state index contributed by atoms with van der Waals surface area (Å²) >= 11 is 0. The minimum absolute atomic E-state index is 0.106. The molecule has 1 heterocycles. The summed E-state index contributed by atoms with van der Waals surface area (Å²) in [6.07, 6.45) is 2.17. The Morgan fingerprint density at radius 1 is 1.28 bits per heavy atom. The van der Waals surface area contributed by atoms with Crippen LogP contribution in [-0.2, 0) is 11.2 Å². The van der Waals surface area contributed by atoms with Crippen LogP contribution in [0.3, 0.4) is 0 Å². The lowest BCUT2D eigenvalue weighted by Crippen LogP contribution is -2.31. The molecule has 94 valence electrons. The molecule has 2 N–H and O–H groups in total. The number of Topliss-reactive ketones (excluding diaryl/α,β-unsaturated/α-hetero) is 1. The van der Waals surface area contributed by atoms with Crippen LogP contribution >= 0.6 is 0 Å². The van der Waals surface area contributed by atoms with Gasteiger partial charge in [-0.3, -0.25) is 9.78 Å². The number of fused-ring (bicyclic) bond motifs is 1. The number of ketones is 1. The molecular formula is C15H18N2O. The Morgan fingerprint density at radius 3 is 2.72 bits per heavy atom. The van der Waals surface area contributed by atoms with Gasteiger partial charge in [-0.1, -0.05) is 25.1 Å². The summed E-state index contributed by atoms with van der Waals surface area (Å²) in [5.41, 5.74) is 7.72. The minimum atomic E-state index is -0.114. The van der Waals surface area contributed by atoms with Crippen LogP contribution < -0.4 is 5.73 Å². The van der Waals surface area contributed by atoms with Gasteiger partial charge in [-0.15, -0.1) is 0 Å². The van der Waals surface area contributed by atoms with Gasteiger partial charge in [-0.05, 0) is 24.6 Å². The van der Waals surface area contributed by atoms with Crippen LogP contribution in [-0.4, -0.2) is 16.8 Å². The van der Waals surface area contributed by atoms with Crippen LogP contribution in [0.15, 0.2) is 36.5 Å². The summed E-state index contributed by atoms with van der Waals surface area (Å²) in [6.45, 7) is 3.75. The van der Waals surface area contributed by atoms with E-state index in [2.05, 4.69) is 4.98 Å². The van der Waals surface area contributed by atoms with E-state index in [1.54, 1.807) is 6.20 Å². The zero-order valence-corrected chi connectivity index (χ0v) is 10.8. The van der Waals surface area contributed by atoms with Crippen LogP contribution in [0.1, 0.15) is 19.4 Å². The van der Waals surface area contributed by atoms with Crippen molar-refractivity contribution in [3.8, 4) is 0 Å². The van der Waals surface area contributed by atoms with Gasteiger partial charge in [0.1, 0.15) is 5.78 Å². The highest BCUT2D eigenvalue weighted by Gasteiger charge is 2.18. The molecule has 2 aromatic rings. The molecule has 0 aliphatic carbocycles. The summed E-state index contributed by atoms with van der Waals surface area (Å²) in [7, 11) is 0. The maximum Gasteiger partial charge on any atom is 0.141 e. The maximum absolute atomic E-state index is 12.1. The second-order valence-corrected chi connectivity index (χ2v) is 4.78. The van der Waals surface area contributed by atoms with Crippen LogP contribution in [0.5, 0.6) is 0 Å². The average Bonchev–Trinajstić information content (AvgIpc) is 2.38. The van der Waals surface area contributed by atoms with E-state index in [1.165, 1.54) is 0 Å². The van der Waals surface area contributed by atoms with Gasteiger partial charge >= 0.3 is 0 Å². The summed E-state index contributed by atoms with van der Waals surface area (Å²) in [6, 6.07) is 9.68. The Balaban J connectivity index is 2.30. The number of pyridine rings is 1. The molecule has 0 saturated carbocycles. The molecule has 0 aliphatic rings. The van der Waals surface area contributed by atoms with Crippen molar-refractivity contribution >= 4 is 16.7 Å². The molecule has 0 amide bonds. The summed E-state index contributed by atoms with van der Waals surface area (Å²) in [5, 5.41) is 1.05. The van der Waals surface area contributed by atoms with Crippen LogP contribution in [0.25, 0.3) is 10.9 Å². The molecule has 1 aromatic carbocycles. The van der Waals surface area contributed by atoms with Gasteiger partial charge in [0.15, 0.2) is 0 Å². The second kappa shape index (κ2) is 5.27. The highest BCUT2D eigenvalue weighted by Crippen LogP contribution is 2.18. The summed E-state index contributed by atoms with van der Waals surface area (Å²) in [4.78, 5) is 16.4. The maximum atomic E-state index is 12.1. The van der Waals surface area contributed by atoms with Crippen molar-refractivity contribution in [2.75, 3.05) is 0 Å². The smallest absolute Gasteiger partial charge is 0.141 e. The molecular weight excluding hydrogens is 224 g/mol. The van der Waals surface area contributed by atoms with Gasteiger partial charge in [-0.2, -0.15) is 0 Å². The molecule has 0 saturated heterocycles. The molecule has 18 heavy (non-hydrogen) atoms. The van der Waals surface area contributed by atoms with Crippen molar-refractivity contribution in [2.45, 2.75) is 26.3 Å². The minimum Gasteiger partial charge on any atom is -0.327 e. The van der Waals surface area contributed by atoms with Crippen molar-refractivity contribution in [1.29, 1.82) is 0 Å². The van der Waals surface area contributed by atoms with Gasteiger partial charge in [0.05, 0.1) is 5.52 Å². The number of nitrogens with zero attached hydrogens (tertiary/aromatic N) is 1. The Labute approximate surface area is 107 Å². The third-order valence-electron chi connectivity index (χ3n) is 3.40. The van der Waals surface area contributed by atoms with E-state index >= 15 is 0 Å². The number of rotatable bonds is 4. The summed E-state index contributed by atoms with van der Waals surface area (Å²) in [5.74, 6) is 0.0679. The van der Waals surface area contributed by atoms with Crippen molar-refractivity contribution in [3.05, 3.63) is 42.1 Å². The monoisotopic (exact) mass is 242 g/mol. The topological polar surface area (TPSA) is 56.0 Å². The third-order valence-corrected chi connectivity index (χ3v) is 3.40. The number of carbonyl (C=O) groups excluding carboxylic acids is 1. The molecule has 3 nitrogen and oxygen atoms in total. The lowest BCUT2D eigenvalue weighted by molar-refractivity contribution is -0.122. The van der Waals surface area contributed by atoms with Crippen LogP contribution in [0.2, 0.25) is 0 Å². The molecule has 2 rings (SSSR count). The fourth-order valence-electron chi connectivity index (χ4n) is 1.95. The standard InChI is InChI=1S/C15H18N2O/c1-10(11(2)16)15(18)9-12-7-8-17-14-6-4-3-5-13(12)14/h3-8,10-11H,9,16H2,1-2H3. The van der Waals surface area contributed by atoms with Gasteiger partial charge in [0.2, 0.25) is 0 Å². The Bertz CT molecular complexity index is 558. The number of benzene rings is 1. The molecule has 2 atom stereocenters. The zero-order chi connectivity index (χ0) is 13.1. The summed E-state index contributed by atoms with van der Waals surface area (Å²) < 4.78 is 0. The number of nitrogens with two attached hydrogens (primary N) is 1. The molecule has 0 spiro atoms. The number of hydrogen-bond donors (Lipinski definition) is 1. The van der Waals surface area contributed by atoms with Crippen LogP contribution in [0.4, 0.5) is 0 Å². The van der Waals surface area contributed by atoms with E-state index in [-0.39, 0.29) is 17.7 Å². The van der Waals surface area contributed by atoms with E-state index in [0.29, 0.717) is 6.42 Å². The van der Waals surface area contributed by atoms with Crippen LogP contribution in [0, 0.1) is 5.92 Å². The first-order valence-corrected chi connectivity index (χ1v) is 6.20. The largest absolute Gasteiger partial charge is 0.327 e. The predicted octanol–water partition coefficient (Wildman–Crippen LogP) is 2.33. The molecule has 1 aromatic heterocycles. The first-order valence-electron chi connectivity index (χ1n) is 6.20. The van der Waals surface area contributed by atoms with Gasteiger partial charge in [0, 0.05) is 30.0 Å². The second-order valence-electron chi connectivity index (χ2n) is 4.78. The first-order chi connectivity index (χ1) is 8.59. The van der Waals surface area contributed by atoms with Crippen molar-refractivity contribution < 1.29 is 4.79 Å². The fraction of sp³-hybridized carbons (Fsp3) is 0.333. The van der Waals surface area contributed by atoms with E-state index in [4.69, 9.17) is 5.73 Å². The van der Waals surface area contributed by atoms with E-state index in [1.807, 2.05) is 44.2 Å². The van der Waals surface area contributed by atoms with Gasteiger partial charge in [0.25, 0.3) is 0 Å². The van der Waals surface area contributed by atoms with E-state index in [9.17, 15) is 4.79 Å². The Kier molecular flexibility index (Phi) is 3.72. The molecule has 2 unspecified atom stereocenters. The third kappa shape index (κ3) is 2.57. The Hall–Kier alpha value is -1.74. The first kappa shape index (κ1) is 12.7. The molecule has 3 heteroatoms. The van der Waals surface area contributed by atoms with Crippen molar-refractivity contribution in [3.63, 3.8) is 0 Å². The normalized spacial score (nSPS) is 14.4. The molecule has 0 aliphatic heterocycles. The number of hydrogen-bond acceptors (Lipinski definition) is 3. The highest BCUT2D eigenvalue weighted by molar-refractivity contribution is 5.90. The number of aromatic nitrogens is 1. The van der Waals surface area contributed by atoms with Gasteiger partial charge in [-0.25, -0.2) is 0 Å². The number of para-hydroxylation sites is 1. The van der Waals surface area contributed by atoms with E-state index in [0.717, 1.165) is 16.5 Å². The predicted molar refractivity (Wildman–Crippen MR) is 73.3 cm³/mol. The molecule has 0 fully saturated rings. The fourth-order valence-corrected chi connectivity index (χ4v) is 1.95. The molecule has 0 radical (unpaired) electrons.